The van der Waals surface area contributed by atoms with Crippen molar-refractivity contribution < 1.29 is 0 Å². The maximum Gasteiger partial charge on any atom is 0.274 e. The summed E-state index contributed by atoms with van der Waals surface area (Å²) in [5, 5.41) is 5.01. The number of H-pyrrole nitrogens is 2. The lowest BCUT2D eigenvalue weighted by Crippen LogP contribution is -2.05. The van der Waals surface area contributed by atoms with Gasteiger partial charge in [-0.2, -0.15) is 0 Å². The van der Waals surface area contributed by atoms with Gasteiger partial charge in [0.15, 0.2) is 0 Å². The second-order valence-electron chi connectivity index (χ2n) is 9.15. The van der Waals surface area contributed by atoms with Gasteiger partial charge in [0.1, 0.15) is 11.0 Å². The molecule has 180 valence electrons. The lowest BCUT2D eigenvalue weighted by molar-refractivity contribution is 1.31. The van der Waals surface area contributed by atoms with Gasteiger partial charge in [0.25, 0.3) is 11.1 Å². The van der Waals surface area contributed by atoms with Crippen molar-refractivity contribution in [3.8, 4) is 0 Å². The van der Waals surface area contributed by atoms with Gasteiger partial charge in [-0.3, -0.25) is 9.59 Å². The number of aromatic amines is 2. The van der Waals surface area contributed by atoms with E-state index in [1.165, 1.54) is 0 Å². The van der Waals surface area contributed by atoms with Gasteiger partial charge in [-0.05, 0) is 24.3 Å². The third-order valence-electron chi connectivity index (χ3n) is 6.84. The average molecular weight is 493 g/mol. The molecule has 38 heavy (non-hydrogen) atoms. The normalized spacial score (nSPS) is 11.4. The quantitative estimate of drug-likeness (QED) is 0.254. The minimum atomic E-state index is -0.309. The molecule has 0 unspecified atom stereocenters. The molecule has 2 N–H and O–H groups in total. The van der Waals surface area contributed by atoms with Crippen LogP contribution >= 0.6 is 0 Å². The zero-order valence-electron chi connectivity index (χ0n) is 20.1. The standard InChI is InChI=1S/C32H20N4O2/c37-31-27-18-16-20-8-6-12-24(30(20)34-27)22-10-2-4-14-26(22)36-32(38)28-17-15-19-7-5-11-23(29(19)33-28)21-9-1-3-13-25(21)35-31/h1-18H,(H,35,37)(H,36,38). The highest BCUT2D eigenvalue weighted by atomic mass is 16.1. The molecule has 0 radical (unpaired) electrons. The summed E-state index contributed by atoms with van der Waals surface area (Å²) in [6, 6.07) is 34.1. The fourth-order valence-electron chi connectivity index (χ4n) is 5.01. The van der Waals surface area contributed by atoms with Gasteiger partial charge < -0.3 is 9.97 Å². The molecule has 3 aromatic heterocycles. The summed E-state index contributed by atoms with van der Waals surface area (Å²) in [5.41, 5.74) is 2.59. The molecule has 3 heterocycles. The molecule has 0 aliphatic carbocycles. The Balaban J connectivity index is 1.81. The summed E-state index contributed by atoms with van der Waals surface area (Å²) in [7, 11) is 0. The highest BCUT2D eigenvalue weighted by molar-refractivity contribution is 6.10. The number of pyridine rings is 2. The number of fused-ring (bicyclic) bond motifs is 6. The van der Waals surface area contributed by atoms with Crippen molar-refractivity contribution >= 4 is 65.4 Å². The summed E-state index contributed by atoms with van der Waals surface area (Å²) in [4.78, 5) is 42.6. The molecule has 0 aliphatic rings. The number of rotatable bonds is 0. The van der Waals surface area contributed by atoms with Gasteiger partial charge in [0.05, 0.1) is 11.0 Å². The van der Waals surface area contributed by atoms with Crippen LogP contribution in [0.1, 0.15) is 0 Å². The monoisotopic (exact) mass is 492 g/mol. The average Bonchev–Trinajstić information content (AvgIpc) is 2.96. The number of nitrogens with one attached hydrogen (secondary N) is 2. The first kappa shape index (κ1) is 21.9. The van der Waals surface area contributed by atoms with Gasteiger partial charge in [-0.15, -0.1) is 0 Å². The number of benzene rings is 4. The van der Waals surface area contributed by atoms with E-state index >= 15 is 0 Å². The van der Waals surface area contributed by atoms with E-state index in [1.54, 1.807) is 12.1 Å². The van der Waals surface area contributed by atoms with E-state index in [0.29, 0.717) is 33.1 Å². The summed E-state index contributed by atoms with van der Waals surface area (Å²) < 4.78 is 0. The molecule has 6 heteroatoms. The summed E-state index contributed by atoms with van der Waals surface area (Å²) in [5.74, 6) is 0. The second-order valence-corrected chi connectivity index (χ2v) is 9.15. The first-order valence-corrected chi connectivity index (χ1v) is 12.3. The van der Waals surface area contributed by atoms with Crippen molar-refractivity contribution in [3.05, 3.63) is 130 Å². The van der Waals surface area contributed by atoms with Gasteiger partial charge in [0, 0.05) is 43.4 Å². The molecule has 0 amide bonds. The van der Waals surface area contributed by atoms with Crippen LogP contribution in [0.25, 0.3) is 65.4 Å². The van der Waals surface area contributed by atoms with E-state index in [9.17, 15) is 9.59 Å². The predicted molar refractivity (Wildman–Crippen MR) is 155 cm³/mol. The van der Waals surface area contributed by atoms with Crippen molar-refractivity contribution in [3.63, 3.8) is 0 Å². The van der Waals surface area contributed by atoms with E-state index in [4.69, 9.17) is 9.97 Å². The molecule has 7 aromatic rings. The van der Waals surface area contributed by atoms with Crippen LogP contribution in [-0.4, -0.2) is 19.9 Å². The van der Waals surface area contributed by atoms with E-state index in [0.717, 1.165) is 32.3 Å². The topological polar surface area (TPSA) is 91.5 Å². The van der Waals surface area contributed by atoms with Crippen LogP contribution in [0.5, 0.6) is 0 Å². The number of aromatic nitrogens is 4. The van der Waals surface area contributed by atoms with Crippen LogP contribution in [0.4, 0.5) is 0 Å². The van der Waals surface area contributed by atoms with E-state index in [-0.39, 0.29) is 11.1 Å². The van der Waals surface area contributed by atoms with Crippen LogP contribution in [-0.2, 0) is 0 Å². The molecule has 0 spiro atoms. The third-order valence-corrected chi connectivity index (χ3v) is 6.84. The van der Waals surface area contributed by atoms with E-state index in [1.807, 2.05) is 97.1 Å². The molecule has 6 nitrogen and oxygen atoms in total. The van der Waals surface area contributed by atoms with Crippen LogP contribution in [0.3, 0.4) is 0 Å². The highest BCUT2D eigenvalue weighted by Crippen LogP contribution is 2.25. The maximum absolute atomic E-state index is 13.5. The Labute approximate surface area is 215 Å². The highest BCUT2D eigenvalue weighted by Gasteiger charge is 2.06. The zero-order chi connectivity index (χ0) is 25.6. The molecular formula is C32H20N4O2. The van der Waals surface area contributed by atoms with Crippen molar-refractivity contribution in [1.29, 1.82) is 0 Å². The lowest BCUT2D eigenvalue weighted by Gasteiger charge is -2.04. The molecular weight excluding hydrogens is 472 g/mol. The second kappa shape index (κ2) is 8.64. The molecule has 7 rings (SSSR count). The van der Waals surface area contributed by atoms with E-state index < -0.39 is 0 Å². The first-order chi connectivity index (χ1) is 18.7. The zero-order valence-corrected chi connectivity index (χ0v) is 20.1. The Morgan fingerprint density at radius 1 is 0.421 bits per heavy atom. The van der Waals surface area contributed by atoms with Crippen LogP contribution in [0.2, 0.25) is 0 Å². The lowest BCUT2D eigenvalue weighted by atomic mass is 10.1. The van der Waals surface area contributed by atoms with Crippen LogP contribution in [0, 0.1) is 0 Å². The number of hydrogen-bond acceptors (Lipinski definition) is 4. The fourth-order valence-corrected chi connectivity index (χ4v) is 5.01. The Kier molecular flexibility index (Phi) is 4.97. The Hall–Kier alpha value is -5.36. The minimum absolute atomic E-state index is 0.298. The van der Waals surface area contributed by atoms with Crippen molar-refractivity contribution in [2.75, 3.05) is 0 Å². The van der Waals surface area contributed by atoms with Gasteiger partial charge in [-0.25, -0.2) is 9.97 Å². The molecule has 4 bridgehead atoms. The Bertz CT molecular complexity index is 2140. The number of para-hydroxylation sites is 4. The van der Waals surface area contributed by atoms with Crippen LogP contribution < -0.4 is 11.1 Å². The largest absolute Gasteiger partial charge is 0.320 e. The van der Waals surface area contributed by atoms with Gasteiger partial charge >= 0.3 is 0 Å². The molecule has 0 aliphatic heterocycles. The maximum atomic E-state index is 13.5. The molecule has 0 saturated heterocycles. The van der Waals surface area contributed by atoms with Crippen molar-refractivity contribution in [2.24, 2.45) is 0 Å². The fraction of sp³-hybridized carbons (Fsp3) is 0. The minimum Gasteiger partial charge on any atom is -0.320 e. The number of nitrogens with zero attached hydrogens (tertiary/aromatic N) is 2. The summed E-state index contributed by atoms with van der Waals surface area (Å²) >= 11 is 0. The van der Waals surface area contributed by atoms with Gasteiger partial charge in [-0.1, -0.05) is 84.9 Å². The number of hydrogen-bond donors (Lipinski definition) is 2. The molecule has 0 fully saturated rings. The predicted octanol–water partition coefficient (Wildman–Crippen LogP) is 6.46. The summed E-state index contributed by atoms with van der Waals surface area (Å²) in [6.45, 7) is 0. The third kappa shape index (κ3) is 3.59. The summed E-state index contributed by atoms with van der Waals surface area (Å²) in [6.07, 6.45) is 0. The Morgan fingerprint density at radius 2 is 0.842 bits per heavy atom. The Morgan fingerprint density at radius 3 is 1.32 bits per heavy atom. The van der Waals surface area contributed by atoms with Crippen molar-refractivity contribution in [2.45, 2.75) is 0 Å². The molecule has 0 saturated carbocycles. The first-order valence-electron chi connectivity index (χ1n) is 12.3. The smallest absolute Gasteiger partial charge is 0.274 e. The SMILES string of the molecule is O=c1[nH]c2ccccc2c2cccc3ccc(nc32)c(=O)[nH]c2ccccc2c2cccc3ccc1nc32. The van der Waals surface area contributed by atoms with Crippen molar-refractivity contribution in [1.82, 2.24) is 19.9 Å². The molecule has 0 atom stereocenters. The van der Waals surface area contributed by atoms with Gasteiger partial charge in [0.2, 0.25) is 0 Å². The van der Waals surface area contributed by atoms with E-state index in [2.05, 4.69) is 9.97 Å². The molecule has 4 aromatic carbocycles. The van der Waals surface area contributed by atoms with Crippen LogP contribution in [0.15, 0.2) is 119 Å².